The first-order chi connectivity index (χ1) is 19.4. The quantitative estimate of drug-likeness (QED) is 0.289. The predicted molar refractivity (Wildman–Crippen MR) is 156 cm³/mol. The van der Waals surface area contributed by atoms with Crippen LogP contribution in [0, 0.1) is 12.8 Å². The highest BCUT2D eigenvalue weighted by Crippen LogP contribution is 2.32. The van der Waals surface area contributed by atoms with Crippen molar-refractivity contribution < 1.29 is 14.3 Å². The van der Waals surface area contributed by atoms with E-state index in [2.05, 4.69) is 56.1 Å². The first-order valence-corrected chi connectivity index (χ1v) is 14.1. The van der Waals surface area contributed by atoms with E-state index in [4.69, 9.17) is 24.5 Å². The van der Waals surface area contributed by atoms with Crippen LogP contribution in [0.2, 0.25) is 0 Å². The highest BCUT2D eigenvalue weighted by Gasteiger charge is 2.28. The lowest BCUT2D eigenvalue weighted by Crippen LogP contribution is -2.36. The molecule has 10 nitrogen and oxygen atoms in total. The monoisotopic (exact) mass is 545 g/mol. The van der Waals surface area contributed by atoms with Crippen LogP contribution in [-0.4, -0.2) is 63.3 Å². The molecular weight excluding hydrogens is 506 g/mol. The summed E-state index contributed by atoms with van der Waals surface area (Å²) in [4.78, 5) is 25.0. The van der Waals surface area contributed by atoms with Gasteiger partial charge in [0.2, 0.25) is 0 Å². The molecule has 10 heteroatoms. The molecule has 1 aliphatic heterocycles. The number of aryl methyl sites for hydroxylation is 2. The number of nitrogens with zero attached hydrogens (tertiary/aromatic N) is 6. The van der Waals surface area contributed by atoms with Crippen molar-refractivity contribution in [2.24, 2.45) is 13.0 Å². The number of carbonyl (C=O) groups excluding carboxylic acids is 1. The van der Waals surface area contributed by atoms with Crippen LogP contribution in [-0.2, 0) is 16.5 Å². The molecule has 0 aliphatic carbocycles. The van der Waals surface area contributed by atoms with E-state index in [1.54, 1.807) is 0 Å². The summed E-state index contributed by atoms with van der Waals surface area (Å²) in [5, 5.41) is 7.91. The Morgan fingerprint density at radius 2 is 1.95 bits per heavy atom. The highest BCUT2D eigenvalue weighted by atomic mass is 16.5. The Labute approximate surface area is 235 Å². The summed E-state index contributed by atoms with van der Waals surface area (Å²) in [6.45, 7) is 11.5. The molecule has 5 rings (SSSR count). The summed E-state index contributed by atoms with van der Waals surface area (Å²) in [6, 6.07) is 12.0. The number of rotatable bonds is 9. The lowest BCUT2D eigenvalue weighted by molar-refractivity contribution is 0.123. The zero-order valence-corrected chi connectivity index (χ0v) is 24.1. The predicted octanol–water partition coefficient (Wildman–Crippen LogP) is 5.19. The second-order valence-corrected chi connectivity index (χ2v) is 10.7. The zero-order chi connectivity index (χ0) is 28.2. The summed E-state index contributed by atoms with van der Waals surface area (Å²) in [5.41, 5.74) is 5.63. The largest absolute Gasteiger partial charge is 0.450 e. The number of unbranched alkanes of at least 4 members (excludes halogenated alkanes) is 1. The van der Waals surface area contributed by atoms with Crippen molar-refractivity contribution in [2.45, 2.75) is 46.6 Å². The van der Waals surface area contributed by atoms with Gasteiger partial charge in [0.1, 0.15) is 11.3 Å². The molecule has 1 aromatic carbocycles. The van der Waals surface area contributed by atoms with E-state index in [0.717, 1.165) is 59.9 Å². The average molecular weight is 546 g/mol. The molecule has 0 radical (unpaired) electrons. The van der Waals surface area contributed by atoms with E-state index in [0.29, 0.717) is 25.6 Å². The van der Waals surface area contributed by atoms with E-state index in [-0.39, 0.29) is 12.0 Å². The van der Waals surface area contributed by atoms with Gasteiger partial charge in [-0.1, -0.05) is 51.0 Å². The number of anilines is 1. The first-order valence-electron chi connectivity index (χ1n) is 14.1. The molecule has 0 saturated carbocycles. The maximum atomic E-state index is 12.6. The van der Waals surface area contributed by atoms with Crippen LogP contribution in [0.3, 0.4) is 0 Å². The fourth-order valence-electron chi connectivity index (χ4n) is 5.00. The number of amides is 1. The molecule has 212 valence electrons. The van der Waals surface area contributed by atoms with Gasteiger partial charge in [-0.05, 0) is 31.4 Å². The summed E-state index contributed by atoms with van der Waals surface area (Å²) in [6.07, 6.45) is 3.31. The number of alkyl carbamates (subject to hydrolysis) is 1. The third-order valence-corrected chi connectivity index (χ3v) is 7.27. The topological polar surface area (TPSA) is 99.3 Å². The Morgan fingerprint density at radius 1 is 1.15 bits per heavy atom. The smallest absolute Gasteiger partial charge is 0.407 e. The van der Waals surface area contributed by atoms with Crippen LogP contribution in [0.1, 0.15) is 51.0 Å². The minimum atomic E-state index is -0.429. The summed E-state index contributed by atoms with van der Waals surface area (Å²) in [5.74, 6) is 1.52. The maximum Gasteiger partial charge on any atom is 0.407 e. The van der Waals surface area contributed by atoms with Gasteiger partial charge in [-0.25, -0.2) is 19.4 Å². The van der Waals surface area contributed by atoms with Gasteiger partial charge >= 0.3 is 6.09 Å². The van der Waals surface area contributed by atoms with E-state index in [9.17, 15) is 4.79 Å². The first kappa shape index (κ1) is 27.6. The van der Waals surface area contributed by atoms with Gasteiger partial charge < -0.3 is 24.3 Å². The Balaban J connectivity index is 1.56. The van der Waals surface area contributed by atoms with Gasteiger partial charge in [-0.3, -0.25) is 0 Å². The minimum absolute atomic E-state index is 0.0866. The van der Waals surface area contributed by atoms with E-state index in [1.165, 1.54) is 5.56 Å². The number of carbonyl (C=O) groups is 1. The van der Waals surface area contributed by atoms with Crippen LogP contribution >= 0.6 is 0 Å². The van der Waals surface area contributed by atoms with E-state index in [1.807, 2.05) is 40.7 Å². The van der Waals surface area contributed by atoms with Crippen LogP contribution in [0.15, 0.2) is 42.6 Å². The Bertz CT molecular complexity index is 1470. The molecule has 0 spiro atoms. The molecule has 4 heterocycles. The molecule has 1 unspecified atom stereocenters. The molecule has 1 N–H and O–H groups in total. The summed E-state index contributed by atoms with van der Waals surface area (Å²) in [7, 11) is 1.95. The number of ether oxygens (including phenoxy) is 2. The molecule has 4 aromatic rings. The van der Waals surface area contributed by atoms with Crippen molar-refractivity contribution in [3.05, 3.63) is 54.0 Å². The Hall–Kier alpha value is -3.92. The van der Waals surface area contributed by atoms with Crippen molar-refractivity contribution in [1.29, 1.82) is 0 Å². The number of fused-ring (bicyclic) bond motifs is 1. The van der Waals surface area contributed by atoms with Crippen molar-refractivity contribution in [3.63, 3.8) is 0 Å². The number of morpholine rings is 1. The second-order valence-electron chi connectivity index (χ2n) is 10.7. The van der Waals surface area contributed by atoms with Crippen molar-refractivity contribution >= 4 is 22.9 Å². The van der Waals surface area contributed by atoms with Crippen molar-refractivity contribution in [3.8, 4) is 17.1 Å². The number of aromatic nitrogens is 5. The summed E-state index contributed by atoms with van der Waals surface area (Å²) >= 11 is 0. The molecule has 40 heavy (non-hydrogen) atoms. The molecule has 1 saturated heterocycles. The SMILES string of the molecule is CCCCOC(=O)NC(c1nc2c(N3CCOCC3)cc(-n3ccc(-c4cccc(C)c4)n3)nc2n1C)C(C)C. The van der Waals surface area contributed by atoms with Gasteiger partial charge in [0, 0.05) is 38.0 Å². The summed E-state index contributed by atoms with van der Waals surface area (Å²) < 4.78 is 14.8. The molecule has 0 bridgehead atoms. The van der Waals surface area contributed by atoms with Crippen LogP contribution < -0.4 is 10.2 Å². The number of imidazole rings is 1. The maximum absolute atomic E-state index is 12.6. The Morgan fingerprint density at radius 3 is 2.67 bits per heavy atom. The zero-order valence-electron chi connectivity index (χ0n) is 24.1. The van der Waals surface area contributed by atoms with Gasteiger partial charge in [0.15, 0.2) is 11.5 Å². The highest BCUT2D eigenvalue weighted by molar-refractivity contribution is 5.88. The van der Waals surface area contributed by atoms with Crippen molar-refractivity contribution in [1.82, 2.24) is 29.6 Å². The minimum Gasteiger partial charge on any atom is -0.450 e. The lowest BCUT2D eigenvalue weighted by Gasteiger charge is -2.29. The molecular formula is C30H39N7O3. The number of benzene rings is 1. The van der Waals surface area contributed by atoms with Gasteiger partial charge in [0.25, 0.3) is 0 Å². The second kappa shape index (κ2) is 12.1. The lowest BCUT2D eigenvalue weighted by atomic mass is 10.0. The third kappa shape index (κ3) is 5.82. The Kier molecular flexibility index (Phi) is 8.35. The number of pyridine rings is 1. The molecule has 1 atom stereocenters. The molecule has 3 aromatic heterocycles. The van der Waals surface area contributed by atoms with Crippen LogP contribution in [0.4, 0.5) is 10.5 Å². The molecule has 1 amide bonds. The molecule has 1 aliphatic rings. The number of hydrogen-bond donors (Lipinski definition) is 1. The van der Waals surface area contributed by atoms with E-state index >= 15 is 0 Å². The fraction of sp³-hybridized carbons (Fsp3) is 0.467. The standard InChI is InChI=1S/C30H39N7O3/c1-6-7-15-40-30(38)33-26(20(2)3)28-32-27-24(36-13-16-39-17-14-36)19-25(31-29(27)35(28)5)37-12-11-23(34-37)22-10-8-9-21(4)18-22/h8-12,18-20,26H,6-7,13-17H2,1-5H3,(H,33,38). The van der Waals surface area contributed by atoms with E-state index < -0.39 is 6.09 Å². The number of nitrogens with one attached hydrogen (secondary N) is 1. The van der Waals surface area contributed by atoms with Crippen LogP contribution in [0.25, 0.3) is 28.2 Å². The fourth-order valence-corrected chi connectivity index (χ4v) is 5.00. The normalized spacial score (nSPS) is 14.6. The van der Waals surface area contributed by atoms with Gasteiger partial charge in [-0.2, -0.15) is 5.10 Å². The van der Waals surface area contributed by atoms with Crippen LogP contribution in [0.5, 0.6) is 0 Å². The third-order valence-electron chi connectivity index (χ3n) is 7.27. The van der Waals surface area contributed by atoms with Gasteiger partial charge in [0.05, 0.1) is 37.2 Å². The van der Waals surface area contributed by atoms with Crippen molar-refractivity contribution in [2.75, 3.05) is 37.8 Å². The van der Waals surface area contributed by atoms with Gasteiger partial charge in [-0.15, -0.1) is 0 Å². The number of hydrogen-bond acceptors (Lipinski definition) is 7. The average Bonchev–Trinajstić information content (AvgIpc) is 3.57. The molecule has 1 fully saturated rings.